The highest BCUT2D eigenvalue weighted by atomic mass is 16.5. The van der Waals surface area contributed by atoms with E-state index in [1.165, 1.54) is 16.8 Å². The summed E-state index contributed by atoms with van der Waals surface area (Å²) in [5, 5.41) is 6.81. The van der Waals surface area contributed by atoms with E-state index in [9.17, 15) is 0 Å². The molecule has 0 aliphatic carbocycles. The van der Waals surface area contributed by atoms with Gasteiger partial charge in [0.15, 0.2) is 0 Å². The standard InChI is InChI=1S/C17H22N2O/c1-13-10-14(2)12-15(11-13)18-8-9-19-16-6-4-5-7-17(16)20-3/h4-7,10-12,18-19H,8-9H2,1-3H3. The number of methoxy groups -OCH3 is 1. The van der Waals surface area contributed by atoms with Crippen molar-refractivity contribution in [3.63, 3.8) is 0 Å². The molecule has 0 unspecified atom stereocenters. The molecule has 2 aromatic rings. The summed E-state index contributed by atoms with van der Waals surface area (Å²) >= 11 is 0. The molecule has 0 saturated carbocycles. The van der Waals surface area contributed by atoms with Crippen LogP contribution in [0.1, 0.15) is 11.1 Å². The maximum absolute atomic E-state index is 5.31. The van der Waals surface area contributed by atoms with E-state index in [-0.39, 0.29) is 0 Å². The highest BCUT2D eigenvalue weighted by molar-refractivity contribution is 5.56. The summed E-state index contributed by atoms with van der Waals surface area (Å²) in [5.74, 6) is 0.874. The average Bonchev–Trinajstić information content (AvgIpc) is 2.43. The van der Waals surface area contributed by atoms with Gasteiger partial charge in [-0.15, -0.1) is 0 Å². The van der Waals surface area contributed by atoms with Crippen molar-refractivity contribution < 1.29 is 4.74 Å². The summed E-state index contributed by atoms with van der Waals surface area (Å²) in [5.41, 5.74) is 4.76. The number of benzene rings is 2. The van der Waals surface area contributed by atoms with Crippen LogP contribution in [-0.4, -0.2) is 20.2 Å². The summed E-state index contributed by atoms with van der Waals surface area (Å²) in [6, 6.07) is 14.5. The van der Waals surface area contributed by atoms with Crippen LogP contribution in [0.2, 0.25) is 0 Å². The molecule has 106 valence electrons. The highest BCUT2D eigenvalue weighted by Crippen LogP contribution is 2.22. The second-order valence-electron chi connectivity index (χ2n) is 4.93. The number of para-hydroxylation sites is 2. The van der Waals surface area contributed by atoms with Crippen molar-refractivity contribution in [3.8, 4) is 5.75 Å². The van der Waals surface area contributed by atoms with Gasteiger partial charge in [0.25, 0.3) is 0 Å². The molecule has 2 N–H and O–H groups in total. The molecule has 0 aromatic heterocycles. The zero-order chi connectivity index (χ0) is 14.4. The van der Waals surface area contributed by atoms with Crippen molar-refractivity contribution in [3.05, 3.63) is 53.6 Å². The Labute approximate surface area is 121 Å². The zero-order valence-electron chi connectivity index (χ0n) is 12.4. The van der Waals surface area contributed by atoms with E-state index >= 15 is 0 Å². The van der Waals surface area contributed by atoms with Gasteiger partial charge in [-0.1, -0.05) is 18.2 Å². The van der Waals surface area contributed by atoms with Crippen molar-refractivity contribution in [2.24, 2.45) is 0 Å². The van der Waals surface area contributed by atoms with E-state index in [0.29, 0.717) is 0 Å². The lowest BCUT2D eigenvalue weighted by Gasteiger charge is -2.12. The molecule has 0 spiro atoms. The van der Waals surface area contributed by atoms with Crippen LogP contribution >= 0.6 is 0 Å². The molecule has 0 aliphatic heterocycles. The van der Waals surface area contributed by atoms with Gasteiger partial charge in [-0.25, -0.2) is 0 Å². The molecule has 0 fully saturated rings. The van der Waals surface area contributed by atoms with Crippen LogP contribution in [0.3, 0.4) is 0 Å². The predicted molar refractivity (Wildman–Crippen MR) is 85.9 cm³/mol. The number of anilines is 2. The highest BCUT2D eigenvalue weighted by Gasteiger charge is 2.00. The fourth-order valence-corrected chi connectivity index (χ4v) is 2.27. The second kappa shape index (κ2) is 6.85. The molecule has 0 saturated heterocycles. The first-order valence-electron chi connectivity index (χ1n) is 6.88. The lowest BCUT2D eigenvalue weighted by molar-refractivity contribution is 0.416. The quantitative estimate of drug-likeness (QED) is 0.783. The fourth-order valence-electron chi connectivity index (χ4n) is 2.27. The van der Waals surface area contributed by atoms with Crippen LogP contribution in [-0.2, 0) is 0 Å². The molecular formula is C17H22N2O. The van der Waals surface area contributed by atoms with Crippen molar-refractivity contribution in [1.29, 1.82) is 0 Å². The Bertz CT molecular complexity index is 546. The minimum atomic E-state index is 0.841. The summed E-state index contributed by atoms with van der Waals surface area (Å²) in [6.07, 6.45) is 0. The minimum absolute atomic E-state index is 0.841. The maximum atomic E-state index is 5.31. The molecule has 0 heterocycles. The molecule has 3 nitrogen and oxygen atoms in total. The normalized spacial score (nSPS) is 10.2. The van der Waals surface area contributed by atoms with E-state index < -0.39 is 0 Å². The molecule has 3 heteroatoms. The second-order valence-corrected chi connectivity index (χ2v) is 4.93. The fraction of sp³-hybridized carbons (Fsp3) is 0.294. The number of aryl methyl sites for hydroxylation is 2. The maximum Gasteiger partial charge on any atom is 0.141 e. The van der Waals surface area contributed by atoms with Gasteiger partial charge in [0.2, 0.25) is 0 Å². The van der Waals surface area contributed by atoms with Crippen molar-refractivity contribution >= 4 is 11.4 Å². The van der Waals surface area contributed by atoms with E-state index in [4.69, 9.17) is 4.74 Å². The van der Waals surface area contributed by atoms with Crippen molar-refractivity contribution in [1.82, 2.24) is 0 Å². The number of hydrogen-bond donors (Lipinski definition) is 2. The zero-order valence-corrected chi connectivity index (χ0v) is 12.4. The monoisotopic (exact) mass is 270 g/mol. The molecule has 0 amide bonds. The topological polar surface area (TPSA) is 33.3 Å². The Kier molecular flexibility index (Phi) is 4.88. The SMILES string of the molecule is COc1ccccc1NCCNc1cc(C)cc(C)c1. The summed E-state index contributed by atoms with van der Waals surface area (Å²) in [4.78, 5) is 0. The summed E-state index contributed by atoms with van der Waals surface area (Å²) < 4.78 is 5.31. The Morgan fingerprint density at radius 1 is 0.900 bits per heavy atom. The molecule has 2 rings (SSSR count). The lowest BCUT2D eigenvalue weighted by Crippen LogP contribution is -2.14. The summed E-state index contributed by atoms with van der Waals surface area (Å²) in [7, 11) is 1.69. The van der Waals surface area contributed by atoms with Crippen molar-refractivity contribution in [2.45, 2.75) is 13.8 Å². The molecule has 0 atom stereocenters. The third-order valence-corrected chi connectivity index (χ3v) is 3.10. The van der Waals surface area contributed by atoms with Crippen LogP contribution in [0, 0.1) is 13.8 Å². The Morgan fingerprint density at radius 2 is 1.55 bits per heavy atom. The van der Waals surface area contributed by atoms with Gasteiger partial charge in [0.05, 0.1) is 12.8 Å². The van der Waals surface area contributed by atoms with Crippen LogP contribution in [0.5, 0.6) is 5.75 Å². The molecule has 0 aliphatic rings. The van der Waals surface area contributed by atoms with Gasteiger partial charge in [0.1, 0.15) is 5.75 Å². The molecule has 0 radical (unpaired) electrons. The van der Waals surface area contributed by atoms with Gasteiger partial charge in [-0.2, -0.15) is 0 Å². The van der Waals surface area contributed by atoms with E-state index in [0.717, 1.165) is 24.5 Å². The first-order chi connectivity index (χ1) is 9.69. The van der Waals surface area contributed by atoms with E-state index in [1.54, 1.807) is 7.11 Å². The van der Waals surface area contributed by atoms with E-state index in [2.05, 4.69) is 42.7 Å². The van der Waals surface area contributed by atoms with Crippen molar-refractivity contribution in [2.75, 3.05) is 30.8 Å². The lowest BCUT2D eigenvalue weighted by atomic mass is 10.1. The Balaban J connectivity index is 1.84. The van der Waals surface area contributed by atoms with Gasteiger partial charge in [-0.05, 0) is 49.2 Å². The molecule has 0 bridgehead atoms. The predicted octanol–water partition coefficient (Wildman–Crippen LogP) is 3.84. The van der Waals surface area contributed by atoms with Crippen LogP contribution in [0.4, 0.5) is 11.4 Å². The van der Waals surface area contributed by atoms with Gasteiger partial charge >= 0.3 is 0 Å². The Morgan fingerprint density at radius 3 is 2.25 bits per heavy atom. The van der Waals surface area contributed by atoms with Gasteiger partial charge in [-0.3, -0.25) is 0 Å². The molecule has 20 heavy (non-hydrogen) atoms. The van der Waals surface area contributed by atoms with Crippen LogP contribution in [0.25, 0.3) is 0 Å². The number of nitrogens with one attached hydrogen (secondary N) is 2. The molecular weight excluding hydrogens is 248 g/mol. The first-order valence-corrected chi connectivity index (χ1v) is 6.88. The third kappa shape index (κ3) is 3.92. The van der Waals surface area contributed by atoms with E-state index in [1.807, 2.05) is 24.3 Å². The number of hydrogen-bond acceptors (Lipinski definition) is 3. The first kappa shape index (κ1) is 14.3. The van der Waals surface area contributed by atoms with Crippen LogP contribution in [0.15, 0.2) is 42.5 Å². The third-order valence-electron chi connectivity index (χ3n) is 3.10. The Hall–Kier alpha value is -2.16. The number of rotatable bonds is 6. The minimum Gasteiger partial charge on any atom is -0.495 e. The number of ether oxygens (including phenoxy) is 1. The van der Waals surface area contributed by atoms with Gasteiger partial charge < -0.3 is 15.4 Å². The molecule has 2 aromatic carbocycles. The smallest absolute Gasteiger partial charge is 0.141 e. The summed E-state index contributed by atoms with van der Waals surface area (Å²) in [6.45, 7) is 5.94. The largest absolute Gasteiger partial charge is 0.495 e. The average molecular weight is 270 g/mol. The van der Waals surface area contributed by atoms with Crippen LogP contribution < -0.4 is 15.4 Å². The van der Waals surface area contributed by atoms with Gasteiger partial charge in [0, 0.05) is 18.8 Å².